The Morgan fingerprint density at radius 1 is 1.19 bits per heavy atom. The largest absolute Gasteiger partial charge is 0.434 e. The molecular formula is C21H20F3N7. The highest BCUT2D eigenvalue weighted by atomic mass is 19.4. The predicted molar refractivity (Wildman–Crippen MR) is 113 cm³/mol. The lowest BCUT2D eigenvalue weighted by atomic mass is 10.00. The molecule has 1 fully saturated rings. The van der Waals surface area contributed by atoms with E-state index in [1.165, 1.54) is 22.9 Å². The maximum atomic E-state index is 13.1. The molecule has 0 aromatic carbocycles. The summed E-state index contributed by atoms with van der Waals surface area (Å²) in [5, 5.41) is 0. The average molecular weight is 427 g/mol. The van der Waals surface area contributed by atoms with Crippen LogP contribution in [-0.2, 0) is 0 Å². The molecule has 4 heterocycles. The van der Waals surface area contributed by atoms with Crippen molar-refractivity contribution in [3.8, 4) is 0 Å². The molecule has 0 bridgehead atoms. The third kappa shape index (κ3) is 4.62. The van der Waals surface area contributed by atoms with Crippen LogP contribution in [0.2, 0.25) is 0 Å². The van der Waals surface area contributed by atoms with Gasteiger partial charge in [-0.2, -0.15) is 13.2 Å². The van der Waals surface area contributed by atoms with Crippen LogP contribution in [0.4, 0.5) is 19.0 Å². The number of pyridine rings is 1. The highest BCUT2D eigenvalue weighted by molar-refractivity contribution is 5.70. The number of hydrogen-bond donors (Lipinski definition) is 0. The van der Waals surface area contributed by atoms with Crippen LogP contribution in [0.15, 0.2) is 64.9 Å². The van der Waals surface area contributed by atoms with Crippen LogP contribution in [0.3, 0.4) is 0 Å². The first-order valence-electron chi connectivity index (χ1n) is 9.68. The summed E-state index contributed by atoms with van der Waals surface area (Å²) in [6.07, 6.45) is 5.07. The molecule has 4 rings (SSSR count). The molecule has 0 spiro atoms. The molecule has 1 unspecified atom stereocenters. The Labute approximate surface area is 177 Å². The Morgan fingerprint density at radius 2 is 2.00 bits per heavy atom. The molecule has 2 aromatic heterocycles. The van der Waals surface area contributed by atoms with E-state index >= 15 is 0 Å². The van der Waals surface area contributed by atoms with Crippen LogP contribution < -0.4 is 4.90 Å². The zero-order valence-corrected chi connectivity index (χ0v) is 16.6. The number of alkyl halides is 3. The van der Waals surface area contributed by atoms with Crippen molar-refractivity contribution in [3.63, 3.8) is 0 Å². The fourth-order valence-corrected chi connectivity index (χ4v) is 3.65. The molecule has 0 radical (unpaired) electrons. The summed E-state index contributed by atoms with van der Waals surface area (Å²) in [5.41, 5.74) is 0.542. The number of hydrogen-bond acceptors (Lipinski definition) is 7. The van der Waals surface area contributed by atoms with E-state index in [0.717, 1.165) is 25.7 Å². The number of aromatic nitrogens is 3. The van der Waals surface area contributed by atoms with Crippen LogP contribution in [-0.4, -0.2) is 58.6 Å². The molecule has 0 saturated carbocycles. The van der Waals surface area contributed by atoms with Gasteiger partial charge in [-0.05, 0) is 36.9 Å². The summed E-state index contributed by atoms with van der Waals surface area (Å²) >= 11 is 0. The molecule has 10 heteroatoms. The second-order valence-electron chi connectivity index (χ2n) is 7.12. The van der Waals surface area contributed by atoms with Gasteiger partial charge in [0.25, 0.3) is 0 Å². The van der Waals surface area contributed by atoms with Crippen molar-refractivity contribution in [2.24, 2.45) is 9.98 Å². The lowest BCUT2D eigenvalue weighted by molar-refractivity contribution is -0.0934. The number of aliphatic imine (C=N–C) groups is 2. The van der Waals surface area contributed by atoms with E-state index in [0.29, 0.717) is 17.4 Å². The molecule has 7 nitrogen and oxygen atoms in total. The first-order valence-corrected chi connectivity index (χ1v) is 9.68. The molecule has 0 amide bonds. The smallest absolute Gasteiger partial charge is 0.356 e. The first kappa shape index (κ1) is 20.7. The number of halogens is 3. The molecule has 2 aliphatic heterocycles. The van der Waals surface area contributed by atoms with Crippen molar-refractivity contribution >= 4 is 24.4 Å². The van der Waals surface area contributed by atoms with Gasteiger partial charge in [-0.3, -0.25) is 15.0 Å². The summed E-state index contributed by atoms with van der Waals surface area (Å²) in [5.74, 6) is 1.34. The minimum absolute atomic E-state index is 0.141. The minimum Gasteiger partial charge on any atom is -0.356 e. The quantitative estimate of drug-likeness (QED) is 0.682. The van der Waals surface area contributed by atoms with Gasteiger partial charge in [0.2, 0.25) is 0 Å². The van der Waals surface area contributed by atoms with Gasteiger partial charge in [-0.15, -0.1) is 0 Å². The molecule has 160 valence electrons. The second kappa shape index (κ2) is 8.66. The highest BCUT2D eigenvalue weighted by Gasteiger charge is 2.36. The number of rotatable bonds is 5. The van der Waals surface area contributed by atoms with Crippen molar-refractivity contribution in [3.05, 3.63) is 66.3 Å². The molecule has 2 aromatic rings. The second-order valence-corrected chi connectivity index (χ2v) is 7.12. The lowest BCUT2D eigenvalue weighted by Crippen LogP contribution is -2.27. The maximum absolute atomic E-state index is 13.1. The lowest BCUT2D eigenvalue weighted by Gasteiger charge is -2.25. The van der Waals surface area contributed by atoms with Gasteiger partial charge < -0.3 is 9.80 Å². The van der Waals surface area contributed by atoms with Gasteiger partial charge in [-0.1, -0.05) is 0 Å². The van der Waals surface area contributed by atoms with Crippen molar-refractivity contribution in [2.75, 3.05) is 24.5 Å². The van der Waals surface area contributed by atoms with Crippen molar-refractivity contribution < 1.29 is 13.2 Å². The zero-order chi connectivity index (χ0) is 21.8. The molecule has 31 heavy (non-hydrogen) atoms. The van der Waals surface area contributed by atoms with Gasteiger partial charge in [-0.25, -0.2) is 9.97 Å². The Hall–Kier alpha value is -3.56. The van der Waals surface area contributed by atoms with Gasteiger partial charge in [0, 0.05) is 50.0 Å². The topological polar surface area (TPSA) is 69.9 Å². The number of allylic oxidation sites excluding steroid dienone is 1. The van der Waals surface area contributed by atoms with E-state index in [-0.39, 0.29) is 12.4 Å². The molecule has 0 N–H and O–H groups in total. The summed E-state index contributed by atoms with van der Waals surface area (Å²) < 4.78 is 39.3. The van der Waals surface area contributed by atoms with Crippen LogP contribution in [0.5, 0.6) is 0 Å². The Morgan fingerprint density at radius 3 is 2.74 bits per heavy atom. The third-order valence-electron chi connectivity index (χ3n) is 5.16. The Kier molecular flexibility index (Phi) is 5.79. The van der Waals surface area contributed by atoms with Crippen molar-refractivity contribution in [1.29, 1.82) is 0 Å². The Balaban J connectivity index is 1.58. The van der Waals surface area contributed by atoms with Gasteiger partial charge >= 0.3 is 6.18 Å². The third-order valence-corrected chi connectivity index (χ3v) is 5.16. The van der Waals surface area contributed by atoms with Crippen molar-refractivity contribution in [2.45, 2.75) is 18.5 Å². The van der Waals surface area contributed by atoms with Gasteiger partial charge in [0.1, 0.15) is 11.5 Å². The Bertz CT molecular complexity index is 1030. The van der Waals surface area contributed by atoms with Crippen molar-refractivity contribution in [1.82, 2.24) is 19.9 Å². The van der Waals surface area contributed by atoms with E-state index in [1.807, 2.05) is 12.1 Å². The zero-order valence-electron chi connectivity index (χ0n) is 16.6. The van der Waals surface area contributed by atoms with Crippen LogP contribution in [0.25, 0.3) is 5.70 Å². The monoisotopic (exact) mass is 427 g/mol. The SMILES string of the molecule is C=N/C=C(/c1nccc(N2CCC(c3ccncc3)C2)n1)N1C=C(C(F)(F)F)N=CC1. The summed E-state index contributed by atoms with van der Waals surface area (Å²) in [4.78, 5) is 23.7. The normalized spacial score (nSPS) is 19.5. The van der Waals surface area contributed by atoms with E-state index in [2.05, 4.69) is 36.6 Å². The molecule has 1 saturated heterocycles. The van der Waals surface area contributed by atoms with Crippen LogP contribution in [0.1, 0.15) is 23.7 Å². The molecule has 0 aliphatic carbocycles. The van der Waals surface area contributed by atoms with Gasteiger partial charge in [0.15, 0.2) is 11.5 Å². The summed E-state index contributed by atoms with van der Waals surface area (Å²) in [6.45, 7) is 5.17. The summed E-state index contributed by atoms with van der Waals surface area (Å²) in [6, 6.07) is 5.82. The first-order chi connectivity index (χ1) is 15.0. The van der Waals surface area contributed by atoms with Crippen LogP contribution >= 0.6 is 0 Å². The average Bonchev–Trinajstić information content (AvgIpc) is 3.28. The molecular weight excluding hydrogens is 407 g/mol. The summed E-state index contributed by atoms with van der Waals surface area (Å²) in [7, 11) is 0. The standard InChI is InChI=1S/C21H20F3N7/c1-25-12-17(30-11-9-27-18(14-30)21(22,23)24)20-28-8-4-19(29-20)31-10-5-16(13-31)15-2-6-26-7-3-15/h2-4,6-9,12,14,16H,1,5,10-11,13H2/b17-12-. The fraction of sp³-hybridized carbons (Fsp3) is 0.286. The van der Waals surface area contributed by atoms with E-state index < -0.39 is 11.9 Å². The minimum atomic E-state index is -4.55. The van der Waals surface area contributed by atoms with E-state index in [1.54, 1.807) is 24.7 Å². The van der Waals surface area contributed by atoms with E-state index in [4.69, 9.17) is 0 Å². The molecule has 2 aliphatic rings. The fourth-order valence-electron chi connectivity index (χ4n) is 3.65. The predicted octanol–water partition coefficient (Wildman–Crippen LogP) is 3.65. The highest BCUT2D eigenvalue weighted by Crippen LogP contribution is 2.32. The van der Waals surface area contributed by atoms with Crippen LogP contribution in [0, 0.1) is 0 Å². The molecule has 1 atom stereocenters. The number of nitrogens with zero attached hydrogens (tertiary/aromatic N) is 7. The maximum Gasteiger partial charge on any atom is 0.434 e. The number of anilines is 1. The van der Waals surface area contributed by atoms with E-state index in [9.17, 15) is 13.2 Å². The van der Waals surface area contributed by atoms with Gasteiger partial charge in [0.05, 0.1) is 12.7 Å².